The summed E-state index contributed by atoms with van der Waals surface area (Å²) >= 11 is 0. The van der Waals surface area contributed by atoms with Gasteiger partial charge in [-0.1, -0.05) is 10.8 Å². The SMILES string of the molecule is CO[Si](CCC1=CSSS1)(OC)OC. The Morgan fingerprint density at radius 1 is 1.21 bits per heavy atom. The van der Waals surface area contributed by atoms with Crippen LogP contribution in [0.25, 0.3) is 0 Å². The Hall–Kier alpha value is 0.887. The molecule has 0 saturated heterocycles. The summed E-state index contributed by atoms with van der Waals surface area (Å²) in [6.07, 6.45) is 0.979. The third-order valence-electron chi connectivity index (χ3n) is 1.97. The van der Waals surface area contributed by atoms with Crippen LogP contribution in [-0.4, -0.2) is 30.1 Å². The van der Waals surface area contributed by atoms with Crippen LogP contribution in [0.1, 0.15) is 6.42 Å². The highest BCUT2D eigenvalue weighted by Crippen LogP contribution is 2.50. The van der Waals surface area contributed by atoms with Gasteiger partial charge in [0.15, 0.2) is 0 Å². The van der Waals surface area contributed by atoms with Crippen LogP contribution in [0.15, 0.2) is 10.3 Å². The van der Waals surface area contributed by atoms with Crippen molar-refractivity contribution in [1.29, 1.82) is 0 Å². The molecule has 1 aliphatic rings. The van der Waals surface area contributed by atoms with Gasteiger partial charge in [0.1, 0.15) is 0 Å². The first-order valence-corrected chi connectivity index (χ1v) is 9.58. The monoisotopic (exact) mass is 270 g/mol. The fraction of sp³-hybridized carbons (Fsp3) is 0.714. The van der Waals surface area contributed by atoms with Gasteiger partial charge in [-0.3, -0.25) is 0 Å². The van der Waals surface area contributed by atoms with Gasteiger partial charge in [0, 0.05) is 32.3 Å². The molecule has 14 heavy (non-hydrogen) atoms. The first-order chi connectivity index (χ1) is 6.76. The van der Waals surface area contributed by atoms with Crippen LogP contribution in [-0.2, 0) is 13.3 Å². The van der Waals surface area contributed by atoms with Crippen molar-refractivity contribution in [3.8, 4) is 0 Å². The molecule has 7 heteroatoms. The van der Waals surface area contributed by atoms with Crippen molar-refractivity contribution < 1.29 is 13.3 Å². The molecule has 82 valence electrons. The van der Waals surface area contributed by atoms with E-state index in [0.717, 1.165) is 12.5 Å². The van der Waals surface area contributed by atoms with E-state index in [2.05, 4.69) is 5.41 Å². The predicted octanol–water partition coefficient (Wildman–Crippen LogP) is 3.14. The van der Waals surface area contributed by atoms with Gasteiger partial charge in [0.25, 0.3) is 0 Å². The molecule has 0 fully saturated rings. The minimum atomic E-state index is -2.36. The average Bonchev–Trinajstić information content (AvgIpc) is 2.74. The molecular formula is C7H14O3S3Si. The molecule has 0 radical (unpaired) electrons. The Balaban J connectivity index is 2.39. The summed E-state index contributed by atoms with van der Waals surface area (Å²) in [6.45, 7) is 0. The molecule has 1 rings (SSSR count). The quantitative estimate of drug-likeness (QED) is 0.544. The van der Waals surface area contributed by atoms with E-state index < -0.39 is 8.80 Å². The average molecular weight is 270 g/mol. The topological polar surface area (TPSA) is 27.7 Å². The van der Waals surface area contributed by atoms with Crippen LogP contribution < -0.4 is 0 Å². The summed E-state index contributed by atoms with van der Waals surface area (Å²) < 4.78 is 16.0. The molecular weight excluding hydrogens is 256 g/mol. The molecule has 0 atom stereocenters. The Kier molecular flexibility index (Phi) is 5.98. The lowest BCUT2D eigenvalue weighted by molar-refractivity contribution is 0.124. The van der Waals surface area contributed by atoms with Crippen molar-refractivity contribution in [2.24, 2.45) is 0 Å². The van der Waals surface area contributed by atoms with Gasteiger partial charge in [-0.15, -0.1) is 0 Å². The van der Waals surface area contributed by atoms with Crippen molar-refractivity contribution in [3.63, 3.8) is 0 Å². The highest BCUT2D eigenvalue weighted by molar-refractivity contribution is 9.11. The molecule has 0 aromatic heterocycles. The van der Waals surface area contributed by atoms with Crippen LogP contribution in [0.3, 0.4) is 0 Å². The second kappa shape index (κ2) is 6.47. The van der Waals surface area contributed by atoms with Crippen molar-refractivity contribution in [1.82, 2.24) is 0 Å². The standard InChI is InChI=1S/C7H14O3S3Si/c1-8-14(9-2,10-3)5-4-7-6-11-13-12-7/h6H,4-5H2,1-3H3. The van der Waals surface area contributed by atoms with Gasteiger partial charge in [-0.2, -0.15) is 0 Å². The molecule has 0 aliphatic carbocycles. The zero-order chi connectivity index (χ0) is 10.4. The van der Waals surface area contributed by atoms with E-state index in [1.165, 1.54) is 4.91 Å². The molecule has 0 aromatic rings. The lowest BCUT2D eigenvalue weighted by Crippen LogP contribution is -2.42. The van der Waals surface area contributed by atoms with E-state index in [0.29, 0.717) is 0 Å². The molecule has 3 nitrogen and oxygen atoms in total. The normalized spacial score (nSPS) is 17.2. The van der Waals surface area contributed by atoms with E-state index in [4.69, 9.17) is 13.3 Å². The maximum absolute atomic E-state index is 5.34. The van der Waals surface area contributed by atoms with Gasteiger partial charge in [-0.25, -0.2) is 0 Å². The molecule has 0 N–H and O–H groups in total. The second-order valence-corrected chi connectivity index (χ2v) is 9.68. The van der Waals surface area contributed by atoms with Crippen LogP contribution in [0.5, 0.6) is 0 Å². The van der Waals surface area contributed by atoms with Gasteiger partial charge in [0.2, 0.25) is 0 Å². The third kappa shape index (κ3) is 3.48. The van der Waals surface area contributed by atoms with Gasteiger partial charge < -0.3 is 13.3 Å². The second-order valence-electron chi connectivity index (χ2n) is 2.63. The third-order valence-corrected chi connectivity index (χ3v) is 8.60. The Morgan fingerprint density at radius 2 is 1.86 bits per heavy atom. The molecule has 1 aliphatic heterocycles. The number of allylic oxidation sites excluding steroid dienone is 1. The van der Waals surface area contributed by atoms with E-state index in [1.807, 2.05) is 10.8 Å². The smallest absolute Gasteiger partial charge is 0.377 e. The summed E-state index contributed by atoms with van der Waals surface area (Å²) in [5.41, 5.74) is 0. The number of rotatable bonds is 6. The summed E-state index contributed by atoms with van der Waals surface area (Å²) in [6, 6.07) is 0.844. The Labute approximate surface area is 97.5 Å². The minimum Gasteiger partial charge on any atom is -0.377 e. The summed E-state index contributed by atoms with van der Waals surface area (Å²) in [5, 5.41) is 2.18. The molecule has 0 unspecified atom stereocenters. The highest BCUT2D eigenvalue weighted by Gasteiger charge is 2.37. The van der Waals surface area contributed by atoms with Crippen LogP contribution in [0, 0.1) is 0 Å². The Bertz CT molecular complexity index is 200. The van der Waals surface area contributed by atoms with Gasteiger partial charge in [0.05, 0.1) is 0 Å². The van der Waals surface area contributed by atoms with E-state index >= 15 is 0 Å². The maximum atomic E-state index is 5.34. The van der Waals surface area contributed by atoms with E-state index in [1.54, 1.807) is 41.9 Å². The highest BCUT2D eigenvalue weighted by atomic mass is 33.5. The number of hydrogen-bond acceptors (Lipinski definition) is 6. The van der Waals surface area contributed by atoms with Crippen molar-refractivity contribution in [3.05, 3.63) is 10.3 Å². The predicted molar refractivity (Wildman–Crippen MR) is 67.1 cm³/mol. The van der Waals surface area contributed by atoms with Crippen molar-refractivity contribution in [2.45, 2.75) is 12.5 Å². The Morgan fingerprint density at radius 3 is 2.29 bits per heavy atom. The van der Waals surface area contributed by atoms with E-state index in [9.17, 15) is 0 Å². The summed E-state index contributed by atoms with van der Waals surface area (Å²) in [7, 11) is 7.96. The molecule has 0 aromatic carbocycles. The number of hydrogen-bond donors (Lipinski definition) is 0. The maximum Gasteiger partial charge on any atom is 0.500 e. The zero-order valence-electron chi connectivity index (χ0n) is 8.44. The molecule has 0 saturated carbocycles. The molecule has 0 bridgehead atoms. The summed E-state index contributed by atoms with van der Waals surface area (Å²) in [5.74, 6) is 0. The van der Waals surface area contributed by atoms with Crippen LogP contribution in [0.2, 0.25) is 6.04 Å². The zero-order valence-corrected chi connectivity index (χ0v) is 11.9. The van der Waals surface area contributed by atoms with E-state index in [-0.39, 0.29) is 0 Å². The summed E-state index contributed by atoms with van der Waals surface area (Å²) in [4.78, 5) is 1.38. The fourth-order valence-electron chi connectivity index (χ4n) is 1.09. The largest absolute Gasteiger partial charge is 0.500 e. The molecule has 0 spiro atoms. The fourth-order valence-corrected chi connectivity index (χ4v) is 6.96. The first kappa shape index (κ1) is 13.0. The molecule has 1 heterocycles. The first-order valence-electron chi connectivity index (χ1n) is 4.11. The van der Waals surface area contributed by atoms with Crippen molar-refractivity contribution in [2.75, 3.05) is 21.3 Å². The van der Waals surface area contributed by atoms with Crippen LogP contribution >= 0.6 is 31.4 Å². The van der Waals surface area contributed by atoms with Crippen molar-refractivity contribution >= 4 is 40.2 Å². The molecule has 0 amide bonds. The minimum absolute atomic E-state index is 0.844. The van der Waals surface area contributed by atoms with Gasteiger partial charge >= 0.3 is 8.80 Å². The van der Waals surface area contributed by atoms with Gasteiger partial charge in [-0.05, 0) is 32.4 Å². The lowest BCUT2D eigenvalue weighted by Gasteiger charge is -2.24. The lowest BCUT2D eigenvalue weighted by atomic mass is 10.5. The van der Waals surface area contributed by atoms with Crippen LogP contribution in [0.4, 0.5) is 0 Å².